The molecule has 0 aromatic heterocycles. The van der Waals surface area contributed by atoms with Gasteiger partial charge >= 0.3 is 0 Å². The molecule has 0 unspecified atom stereocenters. The maximum absolute atomic E-state index is 12.8. The summed E-state index contributed by atoms with van der Waals surface area (Å²) in [6.45, 7) is 2.27. The number of hydrogen-bond donors (Lipinski definition) is 1. The van der Waals surface area contributed by atoms with E-state index in [1.165, 1.54) is 49.7 Å². The molecule has 4 fully saturated rings. The molecule has 1 atom stereocenters. The SMILES string of the molecule is C[C@@H](NC(=O)Cc1ccc(-c2ccccc2)cc1)C12CC3CC(CC(C3)C1)C2. The summed E-state index contributed by atoms with van der Waals surface area (Å²) >= 11 is 0. The van der Waals surface area contributed by atoms with E-state index < -0.39 is 0 Å². The third-order valence-corrected chi connectivity index (χ3v) is 7.81. The van der Waals surface area contributed by atoms with Crippen LogP contribution < -0.4 is 5.32 Å². The largest absolute Gasteiger partial charge is 0.353 e. The van der Waals surface area contributed by atoms with Crippen LogP contribution in [0.2, 0.25) is 0 Å². The molecule has 2 aromatic rings. The summed E-state index contributed by atoms with van der Waals surface area (Å²) in [4.78, 5) is 12.8. The molecule has 0 saturated heterocycles. The first-order valence-corrected chi connectivity index (χ1v) is 11.0. The van der Waals surface area contributed by atoms with Gasteiger partial charge in [-0.15, -0.1) is 0 Å². The van der Waals surface area contributed by atoms with Crippen molar-refractivity contribution in [2.75, 3.05) is 0 Å². The Hall–Kier alpha value is -2.09. The van der Waals surface area contributed by atoms with Crippen molar-refractivity contribution >= 4 is 5.91 Å². The van der Waals surface area contributed by atoms with Gasteiger partial charge in [-0.2, -0.15) is 0 Å². The lowest BCUT2D eigenvalue weighted by atomic mass is 9.48. The van der Waals surface area contributed by atoms with Gasteiger partial charge in [0.2, 0.25) is 5.91 Å². The molecule has 0 radical (unpaired) electrons. The number of amides is 1. The number of benzene rings is 2. The van der Waals surface area contributed by atoms with Gasteiger partial charge in [-0.3, -0.25) is 4.79 Å². The van der Waals surface area contributed by atoms with E-state index in [-0.39, 0.29) is 5.91 Å². The fraction of sp³-hybridized carbons (Fsp3) is 0.500. The first kappa shape index (κ1) is 18.0. The summed E-state index contributed by atoms with van der Waals surface area (Å²) in [5.74, 6) is 2.96. The summed E-state index contributed by atoms with van der Waals surface area (Å²) in [6.07, 6.45) is 8.85. The standard InChI is InChI=1S/C26H31NO/c1-18(26-15-20-11-21(16-26)13-22(12-20)17-26)27-25(28)14-19-7-9-24(10-8-19)23-5-3-2-4-6-23/h2-10,18,20-22H,11-17H2,1H3,(H,27,28)/t18-,20?,21?,22?,26?/m1/s1. The van der Waals surface area contributed by atoms with E-state index in [0.29, 0.717) is 17.9 Å². The number of carbonyl (C=O) groups is 1. The zero-order valence-corrected chi connectivity index (χ0v) is 16.9. The lowest BCUT2D eigenvalue weighted by Crippen LogP contribution is -2.56. The second-order valence-electron chi connectivity index (χ2n) is 9.81. The summed E-state index contributed by atoms with van der Waals surface area (Å²) < 4.78 is 0. The minimum Gasteiger partial charge on any atom is -0.353 e. The second kappa shape index (κ2) is 7.06. The fourth-order valence-electron chi connectivity index (χ4n) is 6.78. The molecule has 4 saturated carbocycles. The van der Waals surface area contributed by atoms with Crippen molar-refractivity contribution in [3.05, 3.63) is 60.2 Å². The van der Waals surface area contributed by atoms with E-state index in [1.807, 2.05) is 6.07 Å². The Morgan fingerprint density at radius 1 is 0.893 bits per heavy atom. The topological polar surface area (TPSA) is 29.1 Å². The van der Waals surface area contributed by atoms with Crippen LogP contribution in [0.1, 0.15) is 51.0 Å². The highest BCUT2D eigenvalue weighted by molar-refractivity contribution is 5.79. The van der Waals surface area contributed by atoms with Crippen LogP contribution >= 0.6 is 0 Å². The van der Waals surface area contributed by atoms with Crippen LogP contribution in [0.5, 0.6) is 0 Å². The van der Waals surface area contributed by atoms with Crippen molar-refractivity contribution in [3.8, 4) is 11.1 Å². The predicted octanol–water partition coefficient (Wildman–Crippen LogP) is 5.62. The Bertz CT molecular complexity index is 803. The molecule has 2 heteroatoms. The highest BCUT2D eigenvalue weighted by Crippen LogP contribution is 2.61. The van der Waals surface area contributed by atoms with Gasteiger partial charge in [-0.05, 0) is 85.3 Å². The molecule has 1 N–H and O–H groups in total. The molecule has 146 valence electrons. The summed E-state index contributed by atoms with van der Waals surface area (Å²) in [6, 6.07) is 19.1. The van der Waals surface area contributed by atoms with Crippen LogP contribution in [-0.2, 0) is 11.2 Å². The molecule has 6 rings (SSSR count). The van der Waals surface area contributed by atoms with E-state index in [0.717, 1.165) is 23.3 Å². The van der Waals surface area contributed by atoms with Gasteiger partial charge in [0.25, 0.3) is 0 Å². The molecule has 4 aliphatic carbocycles. The normalized spacial score (nSPS) is 31.5. The monoisotopic (exact) mass is 373 g/mol. The highest BCUT2D eigenvalue weighted by Gasteiger charge is 2.53. The van der Waals surface area contributed by atoms with Crippen LogP contribution in [-0.4, -0.2) is 11.9 Å². The van der Waals surface area contributed by atoms with Gasteiger partial charge in [-0.25, -0.2) is 0 Å². The minimum atomic E-state index is 0.177. The van der Waals surface area contributed by atoms with Crippen molar-refractivity contribution in [3.63, 3.8) is 0 Å². The van der Waals surface area contributed by atoms with Crippen molar-refractivity contribution in [2.24, 2.45) is 23.2 Å². The zero-order chi connectivity index (χ0) is 19.1. The Morgan fingerprint density at radius 2 is 1.43 bits per heavy atom. The quantitative estimate of drug-likeness (QED) is 0.724. The lowest BCUT2D eigenvalue weighted by Gasteiger charge is -2.59. The first-order valence-electron chi connectivity index (χ1n) is 11.0. The number of nitrogens with one attached hydrogen (secondary N) is 1. The third-order valence-electron chi connectivity index (χ3n) is 7.81. The van der Waals surface area contributed by atoms with Gasteiger partial charge in [0.15, 0.2) is 0 Å². The average Bonchev–Trinajstić information content (AvgIpc) is 2.68. The predicted molar refractivity (Wildman–Crippen MR) is 114 cm³/mol. The summed E-state index contributed by atoms with van der Waals surface area (Å²) in [5, 5.41) is 3.39. The molecule has 0 aliphatic heterocycles. The molecule has 0 heterocycles. The highest BCUT2D eigenvalue weighted by atomic mass is 16.1. The van der Waals surface area contributed by atoms with Crippen LogP contribution in [0.15, 0.2) is 54.6 Å². The van der Waals surface area contributed by atoms with E-state index >= 15 is 0 Å². The van der Waals surface area contributed by atoms with Crippen LogP contribution in [0, 0.1) is 23.2 Å². The van der Waals surface area contributed by atoms with Crippen LogP contribution in [0.3, 0.4) is 0 Å². The fourth-order valence-corrected chi connectivity index (χ4v) is 6.78. The molecule has 4 aliphatic rings. The molecule has 0 spiro atoms. The van der Waals surface area contributed by atoms with Gasteiger partial charge in [0.1, 0.15) is 0 Å². The Balaban J connectivity index is 1.22. The molecule has 1 amide bonds. The van der Waals surface area contributed by atoms with Gasteiger partial charge in [0, 0.05) is 6.04 Å². The number of carbonyl (C=O) groups excluding carboxylic acids is 1. The number of rotatable bonds is 5. The molecular weight excluding hydrogens is 342 g/mol. The molecule has 28 heavy (non-hydrogen) atoms. The minimum absolute atomic E-state index is 0.177. The van der Waals surface area contributed by atoms with Crippen molar-refractivity contribution in [1.29, 1.82) is 0 Å². The van der Waals surface area contributed by atoms with E-state index in [9.17, 15) is 4.79 Å². The van der Waals surface area contributed by atoms with Crippen molar-refractivity contribution in [2.45, 2.75) is 57.9 Å². The summed E-state index contributed by atoms with van der Waals surface area (Å²) in [5.41, 5.74) is 3.89. The van der Waals surface area contributed by atoms with E-state index in [4.69, 9.17) is 0 Å². The van der Waals surface area contributed by atoms with Crippen molar-refractivity contribution in [1.82, 2.24) is 5.32 Å². The lowest BCUT2D eigenvalue weighted by molar-refractivity contribution is -0.125. The maximum Gasteiger partial charge on any atom is 0.224 e. The first-order chi connectivity index (χ1) is 13.6. The van der Waals surface area contributed by atoms with Gasteiger partial charge in [0.05, 0.1) is 6.42 Å². The number of hydrogen-bond acceptors (Lipinski definition) is 1. The van der Waals surface area contributed by atoms with Crippen LogP contribution in [0.25, 0.3) is 11.1 Å². The molecular formula is C26H31NO. The Labute approximate surface area is 168 Å². The average molecular weight is 374 g/mol. The van der Waals surface area contributed by atoms with Crippen LogP contribution in [0.4, 0.5) is 0 Å². The van der Waals surface area contributed by atoms with E-state index in [1.54, 1.807) is 0 Å². The van der Waals surface area contributed by atoms with E-state index in [2.05, 4.69) is 60.8 Å². The third kappa shape index (κ3) is 3.38. The molecule has 2 aromatic carbocycles. The second-order valence-corrected chi connectivity index (χ2v) is 9.81. The van der Waals surface area contributed by atoms with Gasteiger partial charge < -0.3 is 5.32 Å². The zero-order valence-electron chi connectivity index (χ0n) is 16.9. The van der Waals surface area contributed by atoms with Gasteiger partial charge in [-0.1, -0.05) is 54.6 Å². The smallest absolute Gasteiger partial charge is 0.224 e. The molecule has 4 bridgehead atoms. The molecule has 2 nitrogen and oxygen atoms in total. The Kier molecular flexibility index (Phi) is 4.53. The summed E-state index contributed by atoms with van der Waals surface area (Å²) in [7, 11) is 0. The Morgan fingerprint density at radius 3 is 2.00 bits per heavy atom. The maximum atomic E-state index is 12.8. The van der Waals surface area contributed by atoms with Crippen molar-refractivity contribution < 1.29 is 4.79 Å².